The number of carbonyl (C=O) groups is 1. The Balaban J connectivity index is 1.36. The Labute approximate surface area is 138 Å². The average Bonchev–Trinajstić information content (AvgIpc) is 2.86. The van der Waals surface area contributed by atoms with Crippen molar-refractivity contribution in [3.8, 4) is 0 Å². The van der Waals surface area contributed by atoms with Gasteiger partial charge in [-0.05, 0) is 80.8 Å². The van der Waals surface area contributed by atoms with Gasteiger partial charge >= 0.3 is 6.03 Å². The maximum atomic E-state index is 13.0. The third-order valence-corrected chi connectivity index (χ3v) is 6.94. The van der Waals surface area contributed by atoms with Crippen LogP contribution in [0.15, 0.2) is 24.3 Å². The number of amides is 2. The van der Waals surface area contributed by atoms with Crippen LogP contribution in [0.3, 0.4) is 0 Å². The lowest BCUT2D eigenvalue weighted by molar-refractivity contribution is -0.00915. The standard InChI is InChI=1S/C20H26N2O/c1-12-6-15-4-2-3-5-18(15)22(12)20(23)21-19-16-8-13-7-14(10-16)11-17(19)9-13/h2-5,12-14,16-17,19H,6-11H2,1H3,(H,21,23). The van der Waals surface area contributed by atoms with Gasteiger partial charge in [0.1, 0.15) is 0 Å². The monoisotopic (exact) mass is 310 g/mol. The number of urea groups is 1. The van der Waals surface area contributed by atoms with E-state index in [-0.39, 0.29) is 12.1 Å². The lowest BCUT2D eigenvalue weighted by atomic mass is 9.54. The van der Waals surface area contributed by atoms with Crippen molar-refractivity contribution in [2.75, 3.05) is 4.90 Å². The third-order valence-electron chi connectivity index (χ3n) is 6.94. The summed E-state index contributed by atoms with van der Waals surface area (Å²) in [4.78, 5) is 15.0. The molecule has 4 fully saturated rings. The molecule has 4 aliphatic carbocycles. The predicted molar refractivity (Wildman–Crippen MR) is 91.5 cm³/mol. The van der Waals surface area contributed by atoms with Crippen molar-refractivity contribution in [3.05, 3.63) is 29.8 Å². The maximum absolute atomic E-state index is 13.0. The summed E-state index contributed by atoms with van der Waals surface area (Å²) in [5.41, 5.74) is 2.42. The van der Waals surface area contributed by atoms with Gasteiger partial charge in [0.05, 0.1) is 0 Å². The van der Waals surface area contributed by atoms with Crippen molar-refractivity contribution in [2.24, 2.45) is 23.7 Å². The number of rotatable bonds is 1. The van der Waals surface area contributed by atoms with Gasteiger partial charge in [-0.3, -0.25) is 4.90 Å². The van der Waals surface area contributed by atoms with Crippen LogP contribution in [-0.4, -0.2) is 18.1 Å². The Kier molecular flexibility index (Phi) is 3.01. The van der Waals surface area contributed by atoms with Gasteiger partial charge in [0, 0.05) is 17.8 Å². The van der Waals surface area contributed by atoms with Crippen molar-refractivity contribution in [2.45, 2.75) is 57.5 Å². The Morgan fingerprint density at radius 2 is 1.70 bits per heavy atom. The quantitative estimate of drug-likeness (QED) is 0.836. The van der Waals surface area contributed by atoms with Gasteiger partial charge in [0.2, 0.25) is 0 Å². The summed E-state index contributed by atoms with van der Waals surface area (Å²) >= 11 is 0. The Morgan fingerprint density at radius 1 is 1.04 bits per heavy atom. The molecule has 1 aliphatic heterocycles. The van der Waals surface area contributed by atoms with Crippen molar-refractivity contribution >= 4 is 11.7 Å². The molecular weight excluding hydrogens is 284 g/mol. The first-order valence-electron chi connectivity index (χ1n) is 9.36. The van der Waals surface area contributed by atoms with E-state index in [1.54, 1.807) is 0 Å². The molecule has 0 radical (unpaired) electrons. The molecule has 1 atom stereocenters. The molecule has 1 heterocycles. The molecule has 6 rings (SSSR count). The summed E-state index contributed by atoms with van der Waals surface area (Å²) in [5, 5.41) is 3.46. The number of benzene rings is 1. The topological polar surface area (TPSA) is 32.3 Å². The highest BCUT2D eigenvalue weighted by Crippen LogP contribution is 2.53. The molecule has 1 unspecified atom stereocenters. The molecule has 0 saturated heterocycles. The van der Waals surface area contributed by atoms with Gasteiger partial charge < -0.3 is 5.32 Å². The van der Waals surface area contributed by atoms with E-state index in [2.05, 4.69) is 30.4 Å². The molecule has 1 N–H and O–H groups in total. The van der Waals surface area contributed by atoms with Crippen molar-refractivity contribution < 1.29 is 4.79 Å². The third kappa shape index (κ3) is 2.12. The largest absolute Gasteiger partial charge is 0.334 e. The highest BCUT2D eigenvalue weighted by atomic mass is 16.2. The number of nitrogens with zero attached hydrogens (tertiary/aromatic N) is 1. The predicted octanol–water partition coefficient (Wildman–Crippen LogP) is 3.97. The molecule has 4 bridgehead atoms. The van der Waals surface area contributed by atoms with Crippen LogP contribution in [0.5, 0.6) is 0 Å². The second-order valence-corrected chi connectivity index (χ2v) is 8.46. The zero-order valence-corrected chi connectivity index (χ0v) is 13.9. The fourth-order valence-electron chi connectivity index (χ4n) is 6.25. The van der Waals surface area contributed by atoms with Crippen molar-refractivity contribution in [3.63, 3.8) is 0 Å². The summed E-state index contributed by atoms with van der Waals surface area (Å²) in [6.45, 7) is 2.16. The van der Waals surface area contributed by atoms with Crippen LogP contribution in [0, 0.1) is 23.7 Å². The number of carbonyl (C=O) groups excluding carboxylic acids is 1. The first kappa shape index (κ1) is 13.9. The summed E-state index contributed by atoms with van der Waals surface area (Å²) in [5.74, 6) is 3.39. The van der Waals surface area contributed by atoms with Crippen LogP contribution < -0.4 is 10.2 Å². The number of fused-ring (bicyclic) bond motifs is 1. The van der Waals surface area contributed by atoms with Crippen molar-refractivity contribution in [1.29, 1.82) is 0 Å². The Morgan fingerprint density at radius 3 is 2.39 bits per heavy atom. The SMILES string of the molecule is CC1Cc2ccccc2N1C(=O)NC1C2CC3CC(C2)CC1C3. The van der Waals surface area contributed by atoms with Crippen LogP contribution >= 0.6 is 0 Å². The second kappa shape index (κ2) is 4.99. The number of hydrogen-bond acceptors (Lipinski definition) is 1. The van der Waals surface area contributed by atoms with E-state index in [0.29, 0.717) is 6.04 Å². The van der Waals surface area contributed by atoms with Gasteiger partial charge in [-0.2, -0.15) is 0 Å². The van der Waals surface area contributed by atoms with Gasteiger partial charge in [0.25, 0.3) is 0 Å². The summed E-state index contributed by atoms with van der Waals surface area (Å²) in [7, 11) is 0. The minimum absolute atomic E-state index is 0.139. The maximum Gasteiger partial charge on any atom is 0.322 e. The van der Waals surface area contributed by atoms with E-state index >= 15 is 0 Å². The number of para-hydroxylation sites is 1. The molecule has 0 spiro atoms. The van der Waals surface area contributed by atoms with E-state index in [1.165, 1.54) is 37.7 Å². The zero-order valence-electron chi connectivity index (χ0n) is 13.9. The highest BCUT2D eigenvalue weighted by Gasteiger charge is 2.49. The van der Waals surface area contributed by atoms with E-state index in [4.69, 9.17) is 0 Å². The number of hydrogen-bond donors (Lipinski definition) is 1. The second-order valence-electron chi connectivity index (χ2n) is 8.46. The lowest BCUT2D eigenvalue weighted by Gasteiger charge is -2.54. The normalized spacial score (nSPS) is 40.3. The van der Waals surface area contributed by atoms with Crippen LogP contribution in [-0.2, 0) is 6.42 Å². The molecule has 3 nitrogen and oxygen atoms in total. The smallest absolute Gasteiger partial charge is 0.322 e. The molecule has 0 aromatic heterocycles. The van der Waals surface area contributed by atoms with Gasteiger partial charge in [0.15, 0.2) is 0 Å². The molecule has 5 aliphatic rings. The average molecular weight is 310 g/mol. The first-order chi connectivity index (χ1) is 11.2. The Bertz CT molecular complexity index is 612. The highest BCUT2D eigenvalue weighted by molar-refractivity contribution is 5.95. The lowest BCUT2D eigenvalue weighted by Crippen LogP contribution is -2.58. The van der Waals surface area contributed by atoms with E-state index < -0.39 is 0 Å². The molecule has 23 heavy (non-hydrogen) atoms. The molecular formula is C20H26N2O. The summed E-state index contributed by atoms with van der Waals surface area (Å²) in [6.07, 6.45) is 7.85. The van der Waals surface area contributed by atoms with Gasteiger partial charge in [-0.15, -0.1) is 0 Å². The summed E-state index contributed by atoms with van der Waals surface area (Å²) < 4.78 is 0. The fourth-order valence-corrected chi connectivity index (χ4v) is 6.25. The van der Waals surface area contributed by atoms with E-state index in [9.17, 15) is 4.79 Å². The first-order valence-corrected chi connectivity index (χ1v) is 9.36. The van der Waals surface area contributed by atoms with E-state index in [0.717, 1.165) is 35.8 Å². The Hall–Kier alpha value is -1.51. The van der Waals surface area contributed by atoms with Crippen LogP contribution in [0.1, 0.15) is 44.6 Å². The molecule has 1 aromatic rings. The zero-order chi connectivity index (χ0) is 15.6. The molecule has 3 heteroatoms. The summed E-state index contributed by atoms with van der Waals surface area (Å²) in [6, 6.07) is 9.20. The number of nitrogens with one attached hydrogen (secondary N) is 1. The van der Waals surface area contributed by atoms with Crippen molar-refractivity contribution in [1.82, 2.24) is 5.32 Å². The molecule has 122 valence electrons. The van der Waals surface area contributed by atoms with E-state index in [1.807, 2.05) is 11.0 Å². The van der Waals surface area contributed by atoms with Crippen LogP contribution in [0.25, 0.3) is 0 Å². The number of anilines is 1. The molecule has 2 amide bonds. The fraction of sp³-hybridized carbons (Fsp3) is 0.650. The van der Waals surface area contributed by atoms with Gasteiger partial charge in [-0.1, -0.05) is 18.2 Å². The van der Waals surface area contributed by atoms with Gasteiger partial charge in [-0.25, -0.2) is 4.79 Å². The van der Waals surface area contributed by atoms with Crippen LogP contribution in [0.2, 0.25) is 0 Å². The minimum Gasteiger partial charge on any atom is -0.334 e. The molecule has 4 saturated carbocycles. The minimum atomic E-state index is 0.139. The van der Waals surface area contributed by atoms with Crippen LogP contribution in [0.4, 0.5) is 10.5 Å². The molecule has 1 aromatic carbocycles.